The number of hydrogen-bond donors (Lipinski definition) is 1. The summed E-state index contributed by atoms with van der Waals surface area (Å²) in [6, 6.07) is 0. The van der Waals surface area contributed by atoms with E-state index < -0.39 is 22.2 Å². The molecule has 0 bridgehead atoms. The van der Waals surface area contributed by atoms with Crippen LogP contribution in [-0.4, -0.2) is 39.6 Å². The van der Waals surface area contributed by atoms with Crippen LogP contribution in [0.1, 0.15) is 92.4 Å². The van der Waals surface area contributed by atoms with Gasteiger partial charge in [0.2, 0.25) is 0 Å². The smallest absolute Gasteiger partial charge is 0.184 e. The van der Waals surface area contributed by atoms with Gasteiger partial charge in [-0.05, 0) is 132 Å². The van der Waals surface area contributed by atoms with Crippen LogP contribution in [0.4, 0.5) is 0 Å². The molecule has 0 heterocycles. The summed E-state index contributed by atoms with van der Waals surface area (Å²) in [5, 5.41) is 10.2. The van der Waals surface area contributed by atoms with Crippen LogP contribution in [0.5, 0.6) is 0 Å². The number of allylic oxidation sites excluding steroid dienone is 3. The largest absolute Gasteiger partial charge is 0.414 e. The third-order valence-corrected chi connectivity index (χ3v) is 11.9. The van der Waals surface area contributed by atoms with E-state index in [9.17, 15) is 5.11 Å². The summed E-state index contributed by atoms with van der Waals surface area (Å²) >= 11 is 0. The molecule has 39 heavy (non-hydrogen) atoms. The lowest BCUT2D eigenvalue weighted by molar-refractivity contribution is 0.0478. The Hall–Kier alpha value is -0.466. The summed E-state index contributed by atoms with van der Waals surface area (Å²) in [5.41, 5.74) is 4.05. The van der Waals surface area contributed by atoms with Gasteiger partial charge in [0.05, 0.1) is 17.8 Å². The summed E-state index contributed by atoms with van der Waals surface area (Å²) in [7, 11) is -3.41. The first kappa shape index (κ1) is 33.0. The topological polar surface area (TPSA) is 38.7 Å². The zero-order chi connectivity index (χ0) is 29.4. The zero-order valence-electron chi connectivity index (χ0n) is 27.5. The molecule has 0 saturated heterocycles. The summed E-state index contributed by atoms with van der Waals surface area (Å²) < 4.78 is 13.5. The molecule has 3 aliphatic carbocycles. The fourth-order valence-corrected chi connectivity index (χ4v) is 10.4. The molecule has 224 valence electrons. The van der Waals surface area contributed by atoms with Crippen molar-refractivity contribution in [1.29, 1.82) is 0 Å². The summed E-state index contributed by atoms with van der Waals surface area (Å²) in [6.07, 6.45) is 15.9. The van der Waals surface area contributed by atoms with E-state index in [4.69, 9.17) is 8.85 Å². The Bertz CT molecular complexity index is 916. The zero-order valence-corrected chi connectivity index (χ0v) is 29.5. The molecule has 1 unspecified atom stereocenters. The minimum absolute atomic E-state index is 0.0497. The van der Waals surface area contributed by atoms with Crippen LogP contribution < -0.4 is 0 Å². The van der Waals surface area contributed by atoms with Crippen molar-refractivity contribution in [2.45, 2.75) is 149 Å². The average molecular weight is 575 g/mol. The van der Waals surface area contributed by atoms with Gasteiger partial charge in [-0.15, -0.1) is 0 Å². The van der Waals surface area contributed by atoms with Crippen LogP contribution in [-0.2, 0) is 8.85 Å². The number of hydrogen-bond acceptors (Lipinski definition) is 3. The highest BCUT2D eigenvalue weighted by Gasteiger charge is 2.50. The third kappa shape index (κ3) is 8.76. The van der Waals surface area contributed by atoms with Crippen molar-refractivity contribution < 1.29 is 14.0 Å². The van der Waals surface area contributed by atoms with Gasteiger partial charge in [-0.3, -0.25) is 0 Å². The first-order valence-corrected chi connectivity index (χ1v) is 22.8. The van der Waals surface area contributed by atoms with E-state index in [2.05, 4.69) is 78.8 Å². The third-order valence-electron chi connectivity index (χ3n) is 9.90. The molecule has 0 aromatic heterocycles. The van der Waals surface area contributed by atoms with Crippen molar-refractivity contribution in [1.82, 2.24) is 0 Å². The first-order chi connectivity index (χ1) is 17.8. The molecule has 0 spiro atoms. The van der Waals surface area contributed by atoms with Gasteiger partial charge in [-0.2, -0.15) is 0 Å². The number of aliphatic hydroxyl groups is 1. The Kier molecular flexibility index (Phi) is 10.5. The Morgan fingerprint density at radius 2 is 1.72 bits per heavy atom. The first-order valence-electron chi connectivity index (χ1n) is 16.0. The van der Waals surface area contributed by atoms with Crippen molar-refractivity contribution in [3.8, 4) is 0 Å². The second-order valence-corrected chi connectivity index (χ2v) is 25.1. The van der Waals surface area contributed by atoms with Crippen molar-refractivity contribution >= 4 is 16.6 Å². The van der Waals surface area contributed by atoms with Crippen molar-refractivity contribution in [2.24, 2.45) is 29.1 Å². The Morgan fingerprint density at radius 1 is 1.08 bits per heavy atom. The van der Waals surface area contributed by atoms with Crippen molar-refractivity contribution in [2.75, 3.05) is 0 Å². The second kappa shape index (κ2) is 12.4. The highest BCUT2D eigenvalue weighted by atomic mass is 28.4. The predicted molar refractivity (Wildman–Crippen MR) is 173 cm³/mol. The lowest BCUT2D eigenvalue weighted by Crippen LogP contribution is -2.47. The van der Waals surface area contributed by atoms with Gasteiger partial charge in [-0.1, -0.05) is 57.9 Å². The lowest BCUT2D eigenvalue weighted by atomic mass is 9.60. The Labute approximate surface area is 244 Å². The summed E-state index contributed by atoms with van der Waals surface area (Å²) in [5.74, 6) is 2.53. The van der Waals surface area contributed by atoms with E-state index in [0.29, 0.717) is 17.3 Å². The maximum atomic E-state index is 10.2. The van der Waals surface area contributed by atoms with Gasteiger partial charge in [0, 0.05) is 5.92 Å². The maximum absolute atomic E-state index is 10.2. The van der Waals surface area contributed by atoms with E-state index >= 15 is 0 Å². The molecule has 0 aromatic rings. The Balaban J connectivity index is 1.81. The van der Waals surface area contributed by atoms with Gasteiger partial charge in [0.25, 0.3) is 0 Å². The van der Waals surface area contributed by atoms with E-state index in [-0.39, 0.29) is 12.2 Å². The molecule has 0 amide bonds. The van der Waals surface area contributed by atoms with Gasteiger partial charge in [0.1, 0.15) is 0 Å². The fraction of sp³-hybridized carbons (Fsp3) is 0.824. The highest BCUT2D eigenvalue weighted by molar-refractivity contribution is 6.70. The molecule has 1 N–H and O–H groups in total. The molecular formula is C34H62O3Si2. The minimum atomic E-state index is -1.73. The maximum Gasteiger partial charge on any atom is 0.184 e. The van der Waals surface area contributed by atoms with Crippen LogP contribution in [0.3, 0.4) is 0 Å². The molecule has 3 rings (SSSR count). The molecule has 3 nitrogen and oxygen atoms in total. The molecule has 3 aliphatic rings. The Morgan fingerprint density at radius 3 is 2.31 bits per heavy atom. The van der Waals surface area contributed by atoms with Crippen molar-refractivity contribution in [3.63, 3.8) is 0 Å². The average Bonchev–Trinajstić information content (AvgIpc) is 3.13. The molecule has 0 radical (unpaired) electrons. The normalized spacial score (nSPS) is 35.5. The molecule has 3 fully saturated rings. The molecule has 0 aromatic carbocycles. The molecule has 0 aliphatic heterocycles. The standard InChI is InChI=1S/C34H62O3Si2/c1-24(15-13-21-33(4,5)35)29-19-20-30-27(16-14-22-34(29,30)6)17-18-28-23-31(36-38(7,8)9)26(3)32(25(28)2)37-39(10,11)12/h17-18,24,26,29-32,35H,2,13-16,19-23H2,1,3-12H3/b27-17?,28-18-/t24-,26-,29+,30?,31-,32-,34+/m0/s1. The van der Waals surface area contributed by atoms with E-state index in [1.807, 2.05) is 13.8 Å². The lowest BCUT2D eigenvalue weighted by Gasteiger charge is -2.45. The molecule has 5 heteroatoms. The fourth-order valence-electron chi connectivity index (χ4n) is 8.05. The van der Waals surface area contributed by atoms with Crippen molar-refractivity contribution in [3.05, 3.63) is 35.5 Å². The number of rotatable bonds is 10. The van der Waals surface area contributed by atoms with E-state index in [1.54, 1.807) is 5.57 Å². The van der Waals surface area contributed by atoms with Crippen LogP contribution in [0.15, 0.2) is 35.5 Å². The van der Waals surface area contributed by atoms with Gasteiger partial charge in [-0.25, -0.2) is 0 Å². The summed E-state index contributed by atoms with van der Waals surface area (Å²) in [6.45, 7) is 29.6. The minimum Gasteiger partial charge on any atom is -0.414 e. The SMILES string of the molecule is C=C1/C(=C\C=C2CCC[C@@]3(C)C2CC[C@@H]3[C@@H](C)CCCC(C)(C)O)C[C@H](O[Si](C)(C)C)[C@H](C)[C@H]1O[Si](C)(C)C. The quantitative estimate of drug-likeness (QED) is 0.264. The monoisotopic (exact) mass is 574 g/mol. The van der Waals surface area contributed by atoms with E-state index in [1.165, 1.54) is 49.7 Å². The van der Waals surface area contributed by atoms with Crippen LogP contribution >= 0.6 is 0 Å². The van der Waals surface area contributed by atoms with Gasteiger partial charge < -0.3 is 14.0 Å². The van der Waals surface area contributed by atoms with Gasteiger partial charge >= 0.3 is 0 Å². The van der Waals surface area contributed by atoms with Gasteiger partial charge in [0.15, 0.2) is 16.6 Å². The molecule has 3 saturated carbocycles. The molecule has 7 atom stereocenters. The van der Waals surface area contributed by atoms with E-state index in [0.717, 1.165) is 31.1 Å². The second-order valence-electron chi connectivity index (χ2n) is 16.2. The molecular weight excluding hydrogens is 513 g/mol. The van der Waals surface area contributed by atoms with Crippen LogP contribution in [0, 0.1) is 29.1 Å². The predicted octanol–water partition coefficient (Wildman–Crippen LogP) is 9.67. The summed E-state index contributed by atoms with van der Waals surface area (Å²) in [4.78, 5) is 0. The van der Waals surface area contributed by atoms with Crippen LogP contribution in [0.25, 0.3) is 0 Å². The number of fused-ring (bicyclic) bond motifs is 1. The van der Waals surface area contributed by atoms with Crippen LogP contribution in [0.2, 0.25) is 39.3 Å². The highest BCUT2D eigenvalue weighted by Crippen LogP contribution is 2.60.